The number of carbonyl (C=O) groups excluding carboxylic acids is 1. The minimum absolute atomic E-state index is 0.115. The molecule has 104 valence electrons. The maximum absolute atomic E-state index is 12.0. The van der Waals surface area contributed by atoms with E-state index in [0.29, 0.717) is 11.6 Å². The Bertz CT molecular complexity index is 454. The number of nitrogens with two attached hydrogens (primary N) is 1. The molecule has 1 aliphatic rings. The van der Waals surface area contributed by atoms with Crippen molar-refractivity contribution in [1.29, 1.82) is 0 Å². The fourth-order valence-electron chi connectivity index (χ4n) is 2.36. The number of carbonyl (C=O) groups is 1. The van der Waals surface area contributed by atoms with Crippen molar-refractivity contribution in [1.82, 2.24) is 14.9 Å². The van der Waals surface area contributed by atoms with E-state index in [1.807, 2.05) is 18.7 Å². The summed E-state index contributed by atoms with van der Waals surface area (Å²) in [7, 11) is 0. The normalized spacial score (nSPS) is 15.0. The maximum Gasteiger partial charge on any atom is 0.241 e. The fourth-order valence-corrected chi connectivity index (χ4v) is 2.36. The summed E-state index contributed by atoms with van der Waals surface area (Å²) in [5, 5.41) is 3.09. The first-order valence-electron chi connectivity index (χ1n) is 6.71. The monoisotopic (exact) mass is 263 g/mol. The highest BCUT2D eigenvalue weighted by Crippen LogP contribution is 2.26. The molecular weight excluding hydrogens is 242 g/mol. The lowest BCUT2D eigenvalue weighted by Gasteiger charge is -2.18. The van der Waals surface area contributed by atoms with Gasteiger partial charge in [-0.3, -0.25) is 4.79 Å². The van der Waals surface area contributed by atoms with E-state index >= 15 is 0 Å². The van der Waals surface area contributed by atoms with Gasteiger partial charge in [0.05, 0.1) is 6.54 Å². The molecular formula is C13H21N5O. The highest BCUT2D eigenvalue weighted by Gasteiger charge is 2.19. The fraction of sp³-hybridized carbons (Fsp3) is 0.615. The highest BCUT2D eigenvalue weighted by molar-refractivity contribution is 5.81. The van der Waals surface area contributed by atoms with Crippen LogP contribution in [0.25, 0.3) is 0 Å². The smallest absolute Gasteiger partial charge is 0.241 e. The molecule has 1 aromatic rings. The largest absolute Gasteiger partial charge is 0.383 e. The van der Waals surface area contributed by atoms with E-state index in [2.05, 4.69) is 15.3 Å². The second-order valence-corrected chi connectivity index (χ2v) is 5.12. The second-order valence-electron chi connectivity index (χ2n) is 5.12. The molecule has 6 heteroatoms. The van der Waals surface area contributed by atoms with Crippen LogP contribution in [0.5, 0.6) is 0 Å². The van der Waals surface area contributed by atoms with Crippen molar-refractivity contribution in [3.8, 4) is 0 Å². The molecule has 1 fully saturated rings. The molecule has 2 rings (SSSR count). The van der Waals surface area contributed by atoms with Crippen LogP contribution in [0.2, 0.25) is 0 Å². The van der Waals surface area contributed by atoms with Crippen molar-refractivity contribution in [3.05, 3.63) is 11.9 Å². The summed E-state index contributed by atoms with van der Waals surface area (Å²) < 4.78 is 0. The first kappa shape index (κ1) is 13.6. The Morgan fingerprint density at radius 3 is 2.74 bits per heavy atom. The zero-order valence-electron chi connectivity index (χ0n) is 11.5. The Morgan fingerprint density at radius 2 is 2.11 bits per heavy atom. The zero-order valence-corrected chi connectivity index (χ0v) is 11.5. The number of nitrogens with zero attached hydrogens (tertiary/aromatic N) is 3. The Hall–Kier alpha value is -1.85. The molecule has 0 spiro atoms. The van der Waals surface area contributed by atoms with Gasteiger partial charge in [-0.15, -0.1) is 0 Å². The number of hydrogen-bond donors (Lipinski definition) is 2. The van der Waals surface area contributed by atoms with Gasteiger partial charge in [-0.05, 0) is 18.8 Å². The summed E-state index contributed by atoms with van der Waals surface area (Å²) in [6.45, 7) is 6.05. The Morgan fingerprint density at radius 1 is 1.42 bits per heavy atom. The number of anilines is 2. The van der Waals surface area contributed by atoms with Gasteiger partial charge in [-0.1, -0.05) is 13.8 Å². The molecule has 1 aromatic heterocycles. The van der Waals surface area contributed by atoms with Crippen molar-refractivity contribution in [2.45, 2.75) is 32.6 Å². The van der Waals surface area contributed by atoms with Crippen LogP contribution in [0.15, 0.2) is 6.33 Å². The molecule has 2 heterocycles. The summed E-state index contributed by atoms with van der Waals surface area (Å²) in [6, 6.07) is 0. The van der Waals surface area contributed by atoms with Gasteiger partial charge >= 0.3 is 0 Å². The van der Waals surface area contributed by atoms with Gasteiger partial charge in [-0.25, -0.2) is 9.97 Å². The number of aromatic nitrogens is 2. The molecule has 0 radical (unpaired) electrons. The lowest BCUT2D eigenvalue weighted by atomic mass is 10.0. The van der Waals surface area contributed by atoms with Gasteiger partial charge in [0, 0.05) is 18.7 Å². The molecule has 6 nitrogen and oxygen atoms in total. The first-order valence-corrected chi connectivity index (χ1v) is 6.71. The van der Waals surface area contributed by atoms with E-state index in [4.69, 9.17) is 5.73 Å². The molecule has 19 heavy (non-hydrogen) atoms. The van der Waals surface area contributed by atoms with Gasteiger partial charge in [0.25, 0.3) is 0 Å². The van der Waals surface area contributed by atoms with E-state index in [-0.39, 0.29) is 18.4 Å². The summed E-state index contributed by atoms with van der Waals surface area (Å²) in [6.07, 6.45) is 3.62. The van der Waals surface area contributed by atoms with Crippen molar-refractivity contribution >= 4 is 17.5 Å². The number of hydrogen-bond acceptors (Lipinski definition) is 5. The molecule has 0 aromatic carbocycles. The van der Waals surface area contributed by atoms with Crippen LogP contribution in [0.1, 0.15) is 38.2 Å². The van der Waals surface area contributed by atoms with Gasteiger partial charge in [0.2, 0.25) is 5.91 Å². The minimum atomic E-state index is 0.115. The van der Waals surface area contributed by atoms with Crippen molar-refractivity contribution in [2.24, 2.45) is 0 Å². The van der Waals surface area contributed by atoms with Gasteiger partial charge in [-0.2, -0.15) is 0 Å². The van der Waals surface area contributed by atoms with Crippen molar-refractivity contribution in [2.75, 3.05) is 30.7 Å². The predicted molar refractivity (Wildman–Crippen MR) is 74.8 cm³/mol. The van der Waals surface area contributed by atoms with Crippen molar-refractivity contribution < 1.29 is 4.79 Å². The summed E-state index contributed by atoms with van der Waals surface area (Å²) >= 11 is 0. The Kier molecular flexibility index (Phi) is 4.19. The lowest BCUT2D eigenvalue weighted by molar-refractivity contribution is -0.128. The van der Waals surface area contributed by atoms with Crippen LogP contribution in [0.3, 0.4) is 0 Å². The average Bonchev–Trinajstić information content (AvgIpc) is 2.89. The summed E-state index contributed by atoms with van der Waals surface area (Å²) in [5.41, 5.74) is 6.74. The van der Waals surface area contributed by atoms with Crippen LogP contribution >= 0.6 is 0 Å². The molecule has 0 unspecified atom stereocenters. The molecule has 1 saturated heterocycles. The van der Waals surface area contributed by atoms with E-state index in [1.165, 1.54) is 6.33 Å². The minimum Gasteiger partial charge on any atom is -0.383 e. The number of rotatable bonds is 4. The maximum atomic E-state index is 12.0. The van der Waals surface area contributed by atoms with Crippen LogP contribution in [-0.2, 0) is 4.79 Å². The SMILES string of the molecule is CC(C)c1c(N)ncnc1NCC(=O)N1CCCC1. The van der Waals surface area contributed by atoms with E-state index < -0.39 is 0 Å². The number of amides is 1. The molecule has 0 atom stereocenters. The number of nitrogen functional groups attached to an aromatic ring is 1. The van der Waals surface area contributed by atoms with Crippen molar-refractivity contribution in [3.63, 3.8) is 0 Å². The first-order chi connectivity index (χ1) is 9.09. The van der Waals surface area contributed by atoms with E-state index in [0.717, 1.165) is 31.5 Å². The molecule has 0 aliphatic carbocycles. The van der Waals surface area contributed by atoms with Crippen LogP contribution in [0.4, 0.5) is 11.6 Å². The van der Waals surface area contributed by atoms with Crippen LogP contribution in [0, 0.1) is 0 Å². The quantitative estimate of drug-likeness (QED) is 0.853. The zero-order chi connectivity index (χ0) is 13.8. The van der Waals surface area contributed by atoms with Gasteiger partial charge in [0.1, 0.15) is 18.0 Å². The second kappa shape index (κ2) is 5.86. The van der Waals surface area contributed by atoms with Gasteiger partial charge < -0.3 is 16.0 Å². The average molecular weight is 263 g/mol. The summed E-state index contributed by atoms with van der Waals surface area (Å²) in [4.78, 5) is 22.0. The van der Waals surface area contributed by atoms with Crippen LogP contribution < -0.4 is 11.1 Å². The predicted octanol–water partition coefficient (Wildman–Crippen LogP) is 1.22. The Labute approximate surface area is 113 Å². The topological polar surface area (TPSA) is 84.1 Å². The standard InChI is InChI=1S/C13H21N5O/c1-9(2)11-12(14)16-8-17-13(11)15-7-10(19)18-5-3-4-6-18/h8-9H,3-7H2,1-2H3,(H3,14,15,16,17). The third kappa shape index (κ3) is 3.13. The third-order valence-corrected chi connectivity index (χ3v) is 3.36. The molecule has 0 bridgehead atoms. The molecule has 3 N–H and O–H groups in total. The molecule has 1 aliphatic heterocycles. The molecule has 0 saturated carbocycles. The van der Waals surface area contributed by atoms with E-state index in [1.54, 1.807) is 0 Å². The van der Waals surface area contributed by atoms with E-state index in [9.17, 15) is 4.79 Å². The highest BCUT2D eigenvalue weighted by atomic mass is 16.2. The Balaban J connectivity index is 2.03. The molecule has 1 amide bonds. The lowest BCUT2D eigenvalue weighted by Crippen LogP contribution is -2.33. The van der Waals surface area contributed by atoms with Gasteiger partial charge in [0.15, 0.2) is 0 Å². The number of nitrogens with one attached hydrogen (secondary N) is 1. The van der Waals surface area contributed by atoms with Crippen LogP contribution in [-0.4, -0.2) is 40.4 Å². The number of likely N-dealkylation sites (tertiary alicyclic amines) is 1. The summed E-state index contributed by atoms with van der Waals surface area (Å²) in [5.74, 6) is 1.46. The third-order valence-electron chi connectivity index (χ3n) is 3.36.